The van der Waals surface area contributed by atoms with Gasteiger partial charge >= 0.3 is 5.97 Å². The van der Waals surface area contributed by atoms with Crippen LogP contribution in [-0.4, -0.2) is 12.6 Å². The van der Waals surface area contributed by atoms with Gasteiger partial charge in [0.15, 0.2) is 6.61 Å². The highest BCUT2D eigenvalue weighted by molar-refractivity contribution is 5.82. The summed E-state index contributed by atoms with van der Waals surface area (Å²) in [4.78, 5) is 11.1. The molecule has 0 aliphatic carbocycles. The smallest absolute Gasteiger partial charge is 0.331 e. The Hall–Kier alpha value is -1.23. The zero-order chi connectivity index (χ0) is 10.8. The van der Waals surface area contributed by atoms with Crippen molar-refractivity contribution in [2.24, 2.45) is 0 Å². The minimum atomic E-state index is -0.336. The van der Waals surface area contributed by atoms with Crippen molar-refractivity contribution in [2.75, 3.05) is 6.61 Å². The Morgan fingerprint density at radius 3 is 2.79 bits per heavy atom. The van der Waals surface area contributed by atoms with Gasteiger partial charge in [0.05, 0.1) is 0 Å². The first kappa shape index (κ1) is 12.8. The molecule has 0 fully saturated rings. The first-order valence-electron chi connectivity index (χ1n) is 4.98. The van der Waals surface area contributed by atoms with Gasteiger partial charge in [-0.25, -0.2) is 4.79 Å². The quantitative estimate of drug-likeness (QED) is 0.281. The Kier molecular flexibility index (Phi) is 7.64. The number of hydrogen-bond donors (Lipinski definition) is 0. The highest BCUT2D eigenvalue weighted by Crippen LogP contribution is 2.07. The minimum Gasteiger partial charge on any atom is -0.449 e. The van der Waals surface area contributed by atoms with Crippen LogP contribution in [0.1, 0.15) is 39.5 Å². The van der Waals surface area contributed by atoms with E-state index in [4.69, 9.17) is 11.2 Å². The summed E-state index contributed by atoms with van der Waals surface area (Å²) in [6.45, 7) is 4.14. The van der Waals surface area contributed by atoms with E-state index in [-0.39, 0.29) is 12.6 Å². The van der Waals surface area contributed by atoms with Gasteiger partial charge in [0.2, 0.25) is 0 Å². The van der Waals surface area contributed by atoms with E-state index in [0.29, 0.717) is 0 Å². The van der Waals surface area contributed by atoms with Crippen LogP contribution in [0.15, 0.2) is 11.6 Å². The third-order valence-electron chi connectivity index (χ3n) is 1.84. The zero-order valence-electron chi connectivity index (χ0n) is 9.01. The summed E-state index contributed by atoms with van der Waals surface area (Å²) in [5, 5.41) is 0. The summed E-state index contributed by atoms with van der Waals surface area (Å²) in [5.41, 5.74) is 1.06. The van der Waals surface area contributed by atoms with Crippen molar-refractivity contribution in [3.8, 4) is 12.3 Å². The van der Waals surface area contributed by atoms with Crippen LogP contribution in [0.5, 0.6) is 0 Å². The molecule has 0 saturated heterocycles. The van der Waals surface area contributed by atoms with E-state index in [9.17, 15) is 4.79 Å². The van der Waals surface area contributed by atoms with Crippen molar-refractivity contribution in [3.05, 3.63) is 11.6 Å². The molecule has 0 heterocycles. The number of ether oxygens (including phenoxy) is 1. The number of rotatable bonds is 6. The third-order valence-corrected chi connectivity index (χ3v) is 1.84. The van der Waals surface area contributed by atoms with Crippen LogP contribution < -0.4 is 0 Å². The fourth-order valence-electron chi connectivity index (χ4n) is 1.08. The lowest BCUT2D eigenvalue weighted by atomic mass is 10.1. The van der Waals surface area contributed by atoms with Gasteiger partial charge in [-0.05, 0) is 19.8 Å². The van der Waals surface area contributed by atoms with Crippen molar-refractivity contribution in [2.45, 2.75) is 39.5 Å². The SMILES string of the molecule is C#CCOC(=O)/C=C(\C)CCCCC. The predicted molar refractivity (Wildman–Crippen MR) is 57.7 cm³/mol. The molecule has 0 saturated carbocycles. The number of carbonyl (C=O) groups is 1. The maximum Gasteiger partial charge on any atom is 0.331 e. The Balaban J connectivity index is 3.74. The van der Waals surface area contributed by atoms with Crippen LogP contribution >= 0.6 is 0 Å². The fraction of sp³-hybridized carbons (Fsp3) is 0.583. The van der Waals surface area contributed by atoms with Crippen LogP contribution in [-0.2, 0) is 9.53 Å². The molecule has 2 heteroatoms. The molecule has 0 aliphatic rings. The summed E-state index contributed by atoms with van der Waals surface area (Å²) >= 11 is 0. The first-order valence-corrected chi connectivity index (χ1v) is 4.98. The molecule has 0 unspecified atom stereocenters. The van der Waals surface area contributed by atoms with E-state index in [2.05, 4.69) is 12.8 Å². The molecule has 0 N–H and O–H groups in total. The molecular weight excluding hydrogens is 176 g/mol. The molecule has 0 aromatic carbocycles. The molecule has 0 radical (unpaired) electrons. The highest BCUT2D eigenvalue weighted by atomic mass is 16.5. The van der Waals surface area contributed by atoms with Gasteiger partial charge in [0.25, 0.3) is 0 Å². The van der Waals surface area contributed by atoms with E-state index < -0.39 is 0 Å². The van der Waals surface area contributed by atoms with Gasteiger partial charge in [0.1, 0.15) is 0 Å². The molecule has 0 aromatic heterocycles. The summed E-state index contributed by atoms with van der Waals surface area (Å²) in [5.74, 6) is 1.92. The van der Waals surface area contributed by atoms with Gasteiger partial charge in [-0.3, -0.25) is 0 Å². The number of terminal acetylenes is 1. The summed E-state index contributed by atoms with van der Waals surface area (Å²) < 4.78 is 4.72. The predicted octanol–water partition coefficient (Wildman–Crippen LogP) is 2.69. The number of carbonyl (C=O) groups excluding carboxylic acids is 1. The average Bonchev–Trinajstić information content (AvgIpc) is 2.15. The first-order chi connectivity index (χ1) is 6.70. The van der Waals surface area contributed by atoms with Crippen LogP contribution in [0, 0.1) is 12.3 Å². The van der Waals surface area contributed by atoms with Gasteiger partial charge in [-0.1, -0.05) is 31.3 Å². The van der Waals surface area contributed by atoms with E-state index in [0.717, 1.165) is 18.4 Å². The monoisotopic (exact) mass is 194 g/mol. The number of unbranched alkanes of at least 4 members (excludes halogenated alkanes) is 2. The molecule has 0 aliphatic heterocycles. The number of allylic oxidation sites excluding steroid dienone is 1. The van der Waals surface area contributed by atoms with Gasteiger partial charge in [0, 0.05) is 6.08 Å². The maximum atomic E-state index is 11.1. The molecule has 0 aromatic rings. The molecule has 2 nitrogen and oxygen atoms in total. The van der Waals surface area contributed by atoms with Gasteiger partial charge in [-0.2, -0.15) is 0 Å². The molecule has 0 bridgehead atoms. The molecular formula is C12H18O2. The highest BCUT2D eigenvalue weighted by Gasteiger charge is 1.98. The van der Waals surface area contributed by atoms with Crippen molar-refractivity contribution < 1.29 is 9.53 Å². The maximum absolute atomic E-state index is 11.1. The topological polar surface area (TPSA) is 26.3 Å². The summed E-state index contributed by atoms with van der Waals surface area (Å²) in [6.07, 6.45) is 11.0. The van der Waals surface area contributed by atoms with E-state index >= 15 is 0 Å². The van der Waals surface area contributed by atoms with Gasteiger partial charge in [-0.15, -0.1) is 6.42 Å². The minimum absolute atomic E-state index is 0.0531. The lowest BCUT2D eigenvalue weighted by Crippen LogP contribution is -2.01. The van der Waals surface area contributed by atoms with E-state index in [1.807, 2.05) is 6.92 Å². The van der Waals surface area contributed by atoms with Crippen molar-refractivity contribution in [3.63, 3.8) is 0 Å². The fourth-order valence-corrected chi connectivity index (χ4v) is 1.08. The largest absolute Gasteiger partial charge is 0.449 e. The second-order valence-corrected chi connectivity index (χ2v) is 3.26. The van der Waals surface area contributed by atoms with E-state index in [1.165, 1.54) is 18.9 Å². The molecule has 78 valence electrons. The lowest BCUT2D eigenvalue weighted by Gasteiger charge is -2.00. The molecule has 0 rings (SSSR count). The van der Waals surface area contributed by atoms with E-state index in [1.54, 1.807) is 0 Å². The van der Waals surface area contributed by atoms with Crippen LogP contribution in [0.3, 0.4) is 0 Å². The van der Waals surface area contributed by atoms with Crippen molar-refractivity contribution in [1.82, 2.24) is 0 Å². The Labute approximate surface area is 86.3 Å². The number of hydrogen-bond acceptors (Lipinski definition) is 2. The standard InChI is InChI=1S/C12H18O2/c1-4-6-7-8-11(3)10-12(13)14-9-5-2/h2,10H,4,6-9H2,1,3H3/b11-10+. The van der Waals surface area contributed by atoms with Gasteiger partial charge < -0.3 is 4.74 Å². The second kappa shape index (κ2) is 8.37. The van der Waals surface area contributed by atoms with Crippen molar-refractivity contribution >= 4 is 5.97 Å². The Morgan fingerprint density at radius 2 is 2.21 bits per heavy atom. The van der Waals surface area contributed by atoms with Crippen LogP contribution in [0.4, 0.5) is 0 Å². The zero-order valence-corrected chi connectivity index (χ0v) is 9.01. The van der Waals surface area contributed by atoms with Crippen molar-refractivity contribution in [1.29, 1.82) is 0 Å². The Morgan fingerprint density at radius 1 is 1.50 bits per heavy atom. The molecule has 0 spiro atoms. The molecule has 0 atom stereocenters. The number of esters is 1. The Bertz CT molecular complexity index is 233. The molecule has 14 heavy (non-hydrogen) atoms. The van der Waals surface area contributed by atoms with Crippen LogP contribution in [0.25, 0.3) is 0 Å². The normalized spacial score (nSPS) is 10.8. The summed E-state index contributed by atoms with van der Waals surface area (Å²) in [7, 11) is 0. The average molecular weight is 194 g/mol. The second-order valence-electron chi connectivity index (χ2n) is 3.26. The van der Waals surface area contributed by atoms with Crippen LogP contribution in [0.2, 0.25) is 0 Å². The summed E-state index contributed by atoms with van der Waals surface area (Å²) in [6, 6.07) is 0. The lowest BCUT2D eigenvalue weighted by molar-refractivity contribution is -0.136. The molecule has 0 amide bonds. The third kappa shape index (κ3) is 7.42.